The highest BCUT2D eigenvalue weighted by Crippen LogP contribution is 1.83. The van der Waals surface area contributed by atoms with Crippen molar-refractivity contribution in [3.63, 3.8) is 0 Å². The largest absolute Gasteiger partial charge is 0.762 e. The Morgan fingerprint density at radius 2 is 1.43 bits per heavy atom. The van der Waals surface area contributed by atoms with Crippen LogP contribution in [0.15, 0.2) is 0 Å². The third kappa shape index (κ3) is 11.8. The van der Waals surface area contributed by atoms with E-state index < -0.39 is 0 Å². The summed E-state index contributed by atoms with van der Waals surface area (Å²) < 4.78 is 15.0. The maximum Gasteiger partial charge on any atom is 0.0906 e. The molecule has 14 heavy (non-hydrogen) atoms. The van der Waals surface area contributed by atoms with Crippen molar-refractivity contribution in [2.75, 3.05) is 53.8 Å². The van der Waals surface area contributed by atoms with Gasteiger partial charge in [-0.15, -0.1) is 0 Å². The van der Waals surface area contributed by atoms with E-state index in [1.807, 2.05) is 0 Å². The molecule has 0 heterocycles. The van der Waals surface area contributed by atoms with Crippen LogP contribution in [0.2, 0.25) is 0 Å². The Morgan fingerprint density at radius 1 is 0.929 bits per heavy atom. The number of methoxy groups -OCH3 is 1. The summed E-state index contributed by atoms with van der Waals surface area (Å²) in [6, 6.07) is 0. The second kappa shape index (κ2) is 10.8. The number of hydroxylamine groups is 2. The molecule has 0 unspecified atom stereocenters. The summed E-state index contributed by atoms with van der Waals surface area (Å²) >= 11 is 0. The Hall–Kier alpha value is -0.240. The molecular formula is C8H18NO5-. The molecule has 6 nitrogen and oxygen atoms in total. The highest BCUT2D eigenvalue weighted by Gasteiger charge is 1.90. The van der Waals surface area contributed by atoms with Crippen molar-refractivity contribution in [2.24, 2.45) is 0 Å². The van der Waals surface area contributed by atoms with E-state index in [1.54, 1.807) is 7.11 Å². The standard InChI is InChI=1S/C8H18NO5/c1-9(10)14-8-7-13-6-5-12-4-3-11-2/h3-8H2,1-2H3/q-1. The molecule has 0 saturated heterocycles. The zero-order valence-electron chi connectivity index (χ0n) is 8.73. The normalized spacial score (nSPS) is 11.1. The van der Waals surface area contributed by atoms with E-state index in [2.05, 4.69) is 4.84 Å². The molecule has 0 spiro atoms. The lowest BCUT2D eigenvalue weighted by Crippen LogP contribution is -2.16. The molecule has 0 rings (SSSR count). The van der Waals surface area contributed by atoms with E-state index >= 15 is 0 Å². The average Bonchev–Trinajstić information content (AvgIpc) is 2.15. The van der Waals surface area contributed by atoms with Gasteiger partial charge >= 0.3 is 0 Å². The van der Waals surface area contributed by atoms with Crippen LogP contribution in [0, 0.1) is 5.21 Å². The quantitative estimate of drug-likeness (QED) is 0.373. The highest BCUT2D eigenvalue weighted by atomic mass is 16.9. The summed E-state index contributed by atoms with van der Waals surface area (Å²) in [5.41, 5.74) is 0. The number of hydrogen-bond donors (Lipinski definition) is 0. The molecule has 0 aromatic rings. The van der Waals surface area contributed by atoms with Gasteiger partial charge in [0.25, 0.3) is 0 Å². The monoisotopic (exact) mass is 208 g/mol. The molecule has 0 aliphatic heterocycles. The summed E-state index contributed by atoms with van der Waals surface area (Å²) in [5, 5.41) is 10.7. The van der Waals surface area contributed by atoms with Crippen molar-refractivity contribution in [3.8, 4) is 0 Å². The molecule has 0 aliphatic rings. The third-order valence-corrected chi connectivity index (χ3v) is 1.30. The lowest BCUT2D eigenvalue weighted by atomic mass is 10.7. The van der Waals surface area contributed by atoms with Crippen LogP contribution in [-0.4, -0.2) is 59.0 Å². The van der Waals surface area contributed by atoms with Crippen LogP contribution < -0.4 is 0 Å². The van der Waals surface area contributed by atoms with Gasteiger partial charge in [0.2, 0.25) is 0 Å². The first-order valence-corrected chi connectivity index (χ1v) is 4.45. The Balaban J connectivity index is 2.85. The fourth-order valence-electron chi connectivity index (χ4n) is 0.689. The van der Waals surface area contributed by atoms with Gasteiger partial charge in [-0.25, -0.2) is 0 Å². The van der Waals surface area contributed by atoms with E-state index in [0.717, 1.165) is 0 Å². The van der Waals surface area contributed by atoms with E-state index in [0.29, 0.717) is 38.3 Å². The van der Waals surface area contributed by atoms with Crippen molar-refractivity contribution >= 4 is 0 Å². The maximum atomic E-state index is 10.3. The number of rotatable bonds is 10. The van der Waals surface area contributed by atoms with Crippen molar-refractivity contribution in [2.45, 2.75) is 0 Å². The van der Waals surface area contributed by atoms with Crippen molar-refractivity contribution < 1.29 is 19.0 Å². The average molecular weight is 208 g/mol. The van der Waals surface area contributed by atoms with Gasteiger partial charge < -0.3 is 24.3 Å². The molecule has 0 aromatic heterocycles. The summed E-state index contributed by atoms with van der Waals surface area (Å²) in [7, 11) is 2.91. The molecule has 86 valence electrons. The topological polar surface area (TPSA) is 63.2 Å². The smallest absolute Gasteiger partial charge is 0.0906 e. The predicted octanol–water partition coefficient (Wildman–Crippen LogP) is 0.0272. The molecule has 0 aromatic carbocycles. The predicted molar refractivity (Wildman–Crippen MR) is 50.6 cm³/mol. The van der Waals surface area contributed by atoms with Gasteiger partial charge in [-0.2, -0.15) is 0 Å². The third-order valence-electron chi connectivity index (χ3n) is 1.30. The molecule has 0 radical (unpaired) electrons. The lowest BCUT2D eigenvalue weighted by molar-refractivity contribution is -0.119. The van der Waals surface area contributed by atoms with E-state index in [-0.39, 0.29) is 6.61 Å². The van der Waals surface area contributed by atoms with E-state index in [9.17, 15) is 5.21 Å². The van der Waals surface area contributed by atoms with Gasteiger partial charge in [0.05, 0.1) is 39.6 Å². The zero-order valence-corrected chi connectivity index (χ0v) is 8.73. The molecule has 0 aliphatic carbocycles. The van der Waals surface area contributed by atoms with Crippen LogP contribution in [0.4, 0.5) is 0 Å². The SMILES string of the molecule is COCCOCCOCCON(C)[O-]. The first-order valence-electron chi connectivity index (χ1n) is 4.45. The Kier molecular flexibility index (Phi) is 10.7. The minimum atomic E-state index is 0.262. The zero-order chi connectivity index (χ0) is 10.6. The minimum Gasteiger partial charge on any atom is -0.762 e. The van der Waals surface area contributed by atoms with Gasteiger partial charge in [0.1, 0.15) is 0 Å². The Labute approximate surface area is 84.2 Å². The molecule has 0 amide bonds. The van der Waals surface area contributed by atoms with Crippen LogP contribution >= 0.6 is 0 Å². The first-order chi connectivity index (χ1) is 6.77. The number of nitrogens with zero attached hydrogens (tertiary/aromatic N) is 1. The van der Waals surface area contributed by atoms with Crippen molar-refractivity contribution in [1.29, 1.82) is 0 Å². The van der Waals surface area contributed by atoms with Crippen LogP contribution in [0.25, 0.3) is 0 Å². The fraction of sp³-hybridized carbons (Fsp3) is 1.00. The van der Waals surface area contributed by atoms with Crippen LogP contribution in [-0.2, 0) is 19.0 Å². The summed E-state index contributed by atoms with van der Waals surface area (Å²) in [6.07, 6.45) is 0. The van der Waals surface area contributed by atoms with Crippen LogP contribution in [0.1, 0.15) is 0 Å². The molecule has 6 heteroatoms. The maximum absolute atomic E-state index is 10.3. The van der Waals surface area contributed by atoms with E-state index in [4.69, 9.17) is 14.2 Å². The van der Waals surface area contributed by atoms with Crippen LogP contribution in [0.3, 0.4) is 0 Å². The molecule has 0 bridgehead atoms. The second-order valence-electron chi connectivity index (χ2n) is 2.49. The van der Waals surface area contributed by atoms with Crippen molar-refractivity contribution in [1.82, 2.24) is 5.23 Å². The highest BCUT2D eigenvalue weighted by molar-refractivity contribution is 4.33. The molecular weight excluding hydrogens is 190 g/mol. The van der Waals surface area contributed by atoms with Gasteiger partial charge in [0.15, 0.2) is 0 Å². The Morgan fingerprint density at radius 3 is 1.93 bits per heavy atom. The molecule has 0 N–H and O–H groups in total. The van der Waals surface area contributed by atoms with Gasteiger partial charge in [-0.1, -0.05) is 0 Å². The summed E-state index contributed by atoms with van der Waals surface area (Å²) in [5.74, 6) is 0. The van der Waals surface area contributed by atoms with E-state index in [1.165, 1.54) is 7.05 Å². The molecule has 0 saturated carbocycles. The molecule has 0 fully saturated rings. The van der Waals surface area contributed by atoms with Gasteiger partial charge in [-0.3, -0.25) is 5.23 Å². The van der Waals surface area contributed by atoms with Crippen LogP contribution in [0.5, 0.6) is 0 Å². The second-order valence-corrected chi connectivity index (χ2v) is 2.49. The summed E-state index contributed by atoms with van der Waals surface area (Å²) in [4.78, 5) is 4.58. The van der Waals surface area contributed by atoms with Gasteiger partial charge in [0, 0.05) is 7.11 Å². The fourth-order valence-corrected chi connectivity index (χ4v) is 0.689. The molecule has 0 atom stereocenters. The van der Waals surface area contributed by atoms with Gasteiger partial charge in [-0.05, 0) is 7.05 Å². The Bertz CT molecular complexity index is 112. The van der Waals surface area contributed by atoms with Crippen molar-refractivity contribution in [3.05, 3.63) is 5.21 Å². The minimum absolute atomic E-state index is 0.262. The lowest BCUT2D eigenvalue weighted by Gasteiger charge is -2.20. The number of ether oxygens (including phenoxy) is 3. The first kappa shape index (κ1) is 13.8. The summed E-state index contributed by atoms with van der Waals surface area (Å²) in [6.45, 7) is 2.83. The number of hydrogen-bond acceptors (Lipinski definition) is 6.